The fourth-order valence-corrected chi connectivity index (χ4v) is 5.76. The van der Waals surface area contributed by atoms with Crippen LogP contribution >= 0.6 is 0 Å². The van der Waals surface area contributed by atoms with Crippen molar-refractivity contribution in [3.63, 3.8) is 0 Å². The monoisotopic (exact) mass is 458 g/mol. The van der Waals surface area contributed by atoms with Crippen molar-refractivity contribution in [1.29, 1.82) is 0 Å². The number of Topliss-reactive ketones (excluding diaryl/α,β-unsaturated/α-hetero) is 3. The summed E-state index contributed by atoms with van der Waals surface area (Å²) in [5, 5.41) is 21.4. The van der Waals surface area contributed by atoms with E-state index in [0.717, 1.165) is 16.7 Å². The fourth-order valence-electron chi connectivity index (χ4n) is 5.76. The van der Waals surface area contributed by atoms with Crippen molar-refractivity contribution in [2.45, 2.75) is 39.7 Å². The van der Waals surface area contributed by atoms with Crippen LogP contribution in [-0.2, 0) is 32.1 Å². The molecule has 3 aliphatic carbocycles. The third kappa shape index (κ3) is 3.45. The number of allylic oxidation sites excluding steroid dienone is 3. The average molecular weight is 459 g/mol. The maximum absolute atomic E-state index is 13.6. The van der Waals surface area contributed by atoms with Crippen LogP contribution in [-0.4, -0.2) is 27.6 Å². The van der Waals surface area contributed by atoms with Crippen LogP contribution in [0.5, 0.6) is 5.75 Å². The Labute approximate surface area is 197 Å². The third-order valence-corrected chi connectivity index (χ3v) is 7.35. The molecule has 1 fully saturated rings. The Bertz CT molecular complexity index is 1280. The van der Waals surface area contributed by atoms with Crippen LogP contribution in [0.3, 0.4) is 0 Å². The number of hydrogen-bond donors (Lipinski definition) is 2. The van der Waals surface area contributed by atoms with Gasteiger partial charge in [-0.2, -0.15) is 0 Å². The lowest BCUT2D eigenvalue weighted by Gasteiger charge is -2.41. The number of rotatable bonds is 4. The first kappa shape index (κ1) is 22.1. The fraction of sp³-hybridized carbons (Fsp3) is 0.321. The molecule has 0 bridgehead atoms. The largest absolute Gasteiger partial charge is 0.507 e. The molecule has 0 radical (unpaired) electrons. The Hall–Kier alpha value is -3.67. The van der Waals surface area contributed by atoms with E-state index in [2.05, 4.69) is 0 Å². The number of phenolic OH excluding ortho intramolecular Hbond substituents is 1. The van der Waals surface area contributed by atoms with Gasteiger partial charge in [-0.3, -0.25) is 14.4 Å². The Balaban J connectivity index is 1.52. The van der Waals surface area contributed by atoms with Crippen LogP contribution in [0.15, 0.2) is 59.4 Å². The molecule has 3 unspecified atom stereocenters. The van der Waals surface area contributed by atoms with E-state index in [4.69, 9.17) is 4.74 Å². The highest BCUT2D eigenvalue weighted by atomic mass is 16.5. The van der Waals surface area contributed by atoms with E-state index >= 15 is 0 Å². The van der Waals surface area contributed by atoms with Gasteiger partial charge in [-0.05, 0) is 61.3 Å². The van der Waals surface area contributed by atoms with Crippen molar-refractivity contribution < 1.29 is 29.3 Å². The van der Waals surface area contributed by atoms with Crippen LogP contribution in [0.4, 0.5) is 0 Å². The third-order valence-electron chi connectivity index (χ3n) is 7.35. The molecule has 174 valence electrons. The van der Waals surface area contributed by atoms with Gasteiger partial charge in [0.1, 0.15) is 23.9 Å². The van der Waals surface area contributed by atoms with Crippen LogP contribution in [0.1, 0.15) is 42.0 Å². The van der Waals surface area contributed by atoms with E-state index in [-0.39, 0.29) is 46.7 Å². The van der Waals surface area contributed by atoms with E-state index in [1.54, 1.807) is 6.07 Å². The van der Waals surface area contributed by atoms with Gasteiger partial charge < -0.3 is 14.9 Å². The van der Waals surface area contributed by atoms with Gasteiger partial charge in [-0.15, -0.1) is 0 Å². The minimum Gasteiger partial charge on any atom is -0.507 e. The number of fused-ring (bicyclic) bond motifs is 3. The van der Waals surface area contributed by atoms with Gasteiger partial charge in [-0.25, -0.2) is 0 Å². The summed E-state index contributed by atoms with van der Waals surface area (Å²) in [6, 6.07) is 12.8. The van der Waals surface area contributed by atoms with Gasteiger partial charge in [-0.1, -0.05) is 36.4 Å². The molecule has 2 aromatic rings. The smallest absolute Gasteiger partial charge is 0.180 e. The van der Waals surface area contributed by atoms with Crippen molar-refractivity contribution in [3.8, 4) is 5.75 Å². The summed E-state index contributed by atoms with van der Waals surface area (Å²) >= 11 is 0. The van der Waals surface area contributed by atoms with Gasteiger partial charge in [0.05, 0.1) is 17.1 Å². The Morgan fingerprint density at radius 2 is 1.76 bits per heavy atom. The van der Waals surface area contributed by atoms with Crippen LogP contribution < -0.4 is 0 Å². The summed E-state index contributed by atoms with van der Waals surface area (Å²) < 4.78 is 5.98. The van der Waals surface area contributed by atoms with Crippen LogP contribution in [0, 0.1) is 24.7 Å². The lowest BCUT2D eigenvalue weighted by Crippen LogP contribution is -2.46. The molecule has 1 saturated carbocycles. The van der Waals surface area contributed by atoms with Gasteiger partial charge in [0, 0.05) is 12.0 Å². The second kappa shape index (κ2) is 8.28. The van der Waals surface area contributed by atoms with Crippen molar-refractivity contribution in [2.75, 3.05) is 0 Å². The first-order chi connectivity index (χ1) is 16.3. The molecule has 34 heavy (non-hydrogen) atoms. The molecule has 2 aromatic carbocycles. The van der Waals surface area contributed by atoms with Gasteiger partial charge in [0.25, 0.3) is 0 Å². The Morgan fingerprint density at radius 1 is 1.03 bits per heavy atom. The summed E-state index contributed by atoms with van der Waals surface area (Å²) in [5.41, 5.74) is 3.08. The van der Waals surface area contributed by atoms with E-state index in [9.17, 15) is 24.6 Å². The average Bonchev–Trinajstić information content (AvgIpc) is 2.80. The molecule has 0 heterocycles. The van der Waals surface area contributed by atoms with Gasteiger partial charge >= 0.3 is 0 Å². The number of ketones is 3. The SMILES string of the molecule is CC(=O)C1=C(OCc2ccccc2)CC2CC3Cc4c(C)ccc(O)c4C(O)=C3C(=O)C2C1=O. The van der Waals surface area contributed by atoms with Crippen molar-refractivity contribution in [2.24, 2.45) is 17.8 Å². The second-order valence-electron chi connectivity index (χ2n) is 9.45. The molecule has 0 aromatic heterocycles. The zero-order valence-electron chi connectivity index (χ0n) is 19.1. The van der Waals surface area contributed by atoms with Gasteiger partial charge in [0.2, 0.25) is 0 Å². The Kier molecular flexibility index (Phi) is 5.39. The zero-order valence-corrected chi connectivity index (χ0v) is 19.1. The maximum Gasteiger partial charge on any atom is 0.180 e. The minimum atomic E-state index is -1.02. The molecule has 5 rings (SSSR count). The predicted molar refractivity (Wildman–Crippen MR) is 125 cm³/mol. The summed E-state index contributed by atoms with van der Waals surface area (Å²) in [5.74, 6) is -2.99. The highest BCUT2D eigenvalue weighted by Gasteiger charge is 2.51. The molecule has 0 saturated heterocycles. The standard InChI is InChI=1S/C28H26O6/c1-14-8-9-20(30)25-19(14)11-17-10-18-12-21(34-13-16-6-4-3-5-7-16)22(15(2)29)26(31)24(18)27(32)23(17)28(25)33/h3-9,17-18,24,30,33H,10-13H2,1-2H3. The van der Waals surface area contributed by atoms with Crippen molar-refractivity contribution >= 4 is 23.1 Å². The zero-order chi connectivity index (χ0) is 24.1. The molecular weight excluding hydrogens is 432 g/mol. The summed E-state index contributed by atoms with van der Waals surface area (Å²) in [7, 11) is 0. The number of ether oxygens (including phenoxy) is 1. The number of carbonyl (C=O) groups excluding carboxylic acids is 3. The van der Waals surface area contributed by atoms with E-state index < -0.39 is 23.3 Å². The highest BCUT2D eigenvalue weighted by Crippen LogP contribution is 2.50. The minimum absolute atomic E-state index is 0.0565. The first-order valence-corrected chi connectivity index (χ1v) is 11.5. The van der Waals surface area contributed by atoms with Crippen LogP contribution in [0.2, 0.25) is 0 Å². The highest BCUT2D eigenvalue weighted by molar-refractivity contribution is 6.28. The number of benzene rings is 2. The summed E-state index contributed by atoms with van der Waals surface area (Å²) in [4.78, 5) is 39.5. The Morgan fingerprint density at radius 3 is 2.47 bits per heavy atom. The van der Waals surface area contributed by atoms with Crippen molar-refractivity contribution in [1.82, 2.24) is 0 Å². The summed E-state index contributed by atoms with van der Waals surface area (Å²) in [6.07, 6.45) is 1.33. The van der Waals surface area contributed by atoms with E-state index in [1.807, 2.05) is 37.3 Å². The molecule has 6 heteroatoms. The number of aryl methyl sites for hydroxylation is 1. The maximum atomic E-state index is 13.6. The van der Waals surface area contributed by atoms with E-state index in [0.29, 0.717) is 25.0 Å². The topological polar surface area (TPSA) is 101 Å². The lowest BCUT2D eigenvalue weighted by molar-refractivity contribution is -0.135. The quantitative estimate of drug-likeness (QED) is 0.521. The molecule has 0 amide bonds. The molecule has 0 aliphatic heterocycles. The van der Waals surface area contributed by atoms with Crippen molar-refractivity contribution in [3.05, 3.63) is 81.6 Å². The number of carbonyl (C=O) groups is 3. The molecular formula is C28H26O6. The molecule has 0 spiro atoms. The molecule has 2 N–H and O–H groups in total. The molecule has 3 aliphatic rings. The second-order valence-corrected chi connectivity index (χ2v) is 9.45. The normalized spacial score (nSPS) is 23.9. The summed E-state index contributed by atoms with van der Waals surface area (Å²) in [6.45, 7) is 3.45. The number of hydrogen-bond acceptors (Lipinski definition) is 6. The van der Waals surface area contributed by atoms with Crippen LogP contribution in [0.25, 0.3) is 5.76 Å². The first-order valence-electron chi connectivity index (χ1n) is 11.5. The lowest BCUT2D eigenvalue weighted by atomic mass is 9.61. The number of aliphatic hydroxyl groups is 1. The number of phenols is 1. The van der Waals surface area contributed by atoms with Gasteiger partial charge in [0.15, 0.2) is 17.3 Å². The predicted octanol–water partition coefficient (Wildman–Crippen LogP) is 4.38. The van der Waals surface area contributed by atoms with E-state index in [1.165, 1.54) is 13.0 Å². The molecule has 3 atom stereocenters. The number of aliphatic hydroxyl groups excluding tert-OH is 1. The molecule has 6 nitrogen and oxygen atoms in total. The number of aromatic hydroxyl groups is 1.